The molecule has 2 rings (SSSR count). The molecule has 1 heterocycles. The van der Waals surface area contributed by atoms with Gasteiger partial charge in [-0.1, -0.05) is 34.1 Å². The van der Waals surface area contributed by atoms with Crippen LogP contribution in [0.4, 0.5) is 0 Å². The first-order chi connectivity index (χ1) is 8.09. The van der Waals surface area contributed by atoms with E-state index in [9.17, 15) is 4.79 Å². The van der Waals surface area contributed by atoms with Crippen LogP contribution in [-0.4, -0.2) is 20.9 Å². The quantitative estimate of drug-likeness (QED) is 0.885. The molecule has 5 heteroatoms. The lowest BCUT2D eigenvalue weighted by atomic mass is 10.2. The second-order valence-electron chi connectivity index (χ2n) is 3.62. The molecule has 0 aliphatic rings. The number of hydrogen-bond donors (Lipinski definition) is 1. The van der Waals surface area contributed by atoms with Crippen molar-refractivity contribution in [3.05, 3.63) is 47.8 Å². The van der Waals surface area contributed by atoms with Crippen molar-refractivity contribution in [2.45, 2.75) is 11.8 Å². The van der Waals surface area contributed by atoms with Crippen LogP contribution in [-0.2, 0) is 0 Å². The molecule has 0 saturated heterocycles. The summed E-state index contributed by atoms with van der Waals surface area (Å²) >= 11 is 3.44. The minimum atomic E-state index is -1.02. The highest BCUT2D eigenvalue weighted by molar-refractivity contribution is 9.09. The molecule has 88 valence electrons. The Kier molecular flexibility index (Phi) is 3.28. The fourth-order valence-electron chi connectivity index (χ4n) is 1.56. The van der Waals surface area contributed by atoms with Crippen molar-refractivity contribution in [3.8, 4) is 5.69 Å². The third-order valence-corrected chi connectivity index (χ3v) is 2.83. The average molecular weight is 295 g/mol. The van der Waals surface area contributed by atoms with Gasteiger partial charge in [-0.05, 0) is 25.1 Å². The van der Waals surface area contributed by atoms with E-state index in [0.717, 1.165) is 11.4 Å². The van der Waals surface area contributed by atoms with Crippen LogP contribution < -0.4 is 0 Å². The predicted octanol–water partition coefficient (Wildman–Crippen LogP) is 3.03. The van der Waals surface area contributed by atoms with E-state index in [-0.39, 0.29) is 10.5 Å². The highest BCUT2D eigenvalue weighted by Crippen LogP contribution is 2.25. The molecule has 1 unspecified atom stereocenters. The van der Waals surface area contributed by atoms with Gasteiger partial charge in [-0.3, -0.25) is 0 Å². The Bertz CT molecular complexity index is 535. The number of benzene rings is 1. The Morgan fingerprint density at radius 1 is 1.41 bits per heavy atom. The zero-order valence-electron chi connectivity index (χ0n) is 9.17. The molecule has 1 aromatic heterocycles. The van der Waals surface area contributed by atoms with Crippen LogP contribution >= 0.6 is 15.9 Å². The maximum absolute atomic E-state index is 10.9. The van der Waals surface area contributed by atoms with Gasteiger partial charge in [0.1, 0.15) is 0 Å². The lowest BCUT2D eigenvalue weighted by Crippen LogP contribution is -2.03. The van der Waals surface area contributed by atoms with Gasteiger partial charge >= 0.3 is 5.97 Å². The molecular formula is C12H11BrN2O2. The highest BCUT2D eigenvalue weighted by atomic mass is 79.9. The van der Waals surface area contributed by atoms with Crippen molar-refractivity contribution in [2.75, 3.05) is 0 Å². The Balaban J connectivity index is 2.56. The molecular weight excluding hydrogens is 284 g/mol. The van der Waals surface area contributed by atoms with Crippen LogP contribution in [0.3, 0.4) is 0 Å². The first kappa shape index (κ1) is 11.9. The third-order valence-electron chi connectivity index (χ3n) is 2.36. The Hall–Kier alpha value is -1.62. The Morgan fingerprint density at radius 2 is 2.06 bits per heavy atom. The molecule has 1 aromatic carbocycles. The number of aromatic nitrogens is 2. The zero-order chi connectivity index (χ0) is 12.4. The lowest BCUT2D eigenvalue weighted by Gasteiger charge is -2.08. The van der Waals surface area contributed by atoms with E-state index in [0.29, 0.717) is 0 Å². The molecule has 0 bridgehead atoms. The fraction of sp³-hybridized carbons (Fsp3) is 0.167. The van der Waals surface area contributed by atoms with Gasteiger partial charge in [0.05, 0.1) is 16.2 Å². The van der Waals surface area contributed by atoms with Gasteiger partial charge in [-0.15, -0.1) is 0 Å². The van der Waals surface area contributed by atoms with Crippen LogP contribution in [0.2, 0.25) is 0 Å². The van der Waals surface area contributed by atoms with Crippen molar-refractivity contribution < 1.29 is 9.90 Å². The summed E-state index contributed by atoms with van der Waals surface area (Å²) in [5.41, 5.74) is 1.71. The number of alkyl halides is 1. The van der Waals surface area contributed by atoms with Crippen molar-refractivity contribution in [2.24, 2.45) is 0 Å². The van der Waals surface area contributed by atoms with Crippen LogP contribution in [0.15, 0.2) is 36.4 Å². The van der Waals surface area contributed by atoms with E-state index in [2.05, 4.69) is 21.0 Å². The van der Waals surface area contributed by atoms with E-state index >= 15 is 0 Å². The smallest absolute Gasteiger partial charge is 0.356 e. The molecule has 17 heavy (non-hydrogen) atoms. The monoisotopic (exact) mass is 294 g/mol. The van der Waals surface area contributed by atoms with Gasteiger partial charge < -0.3 is 5.11 Å². The van der Waals surface area contributed by atoms with E-state index in [1.165, 1.54) is 0 Å². The summed E-state index contributed by atoms with van der Waals surface area (Å²) in [6.07, 6.45) is 0. The van der Waals surface area contributed by atoms with Gasteiger partial charge in [-0.25, -0.2) is 9.48 Å². The molecule has 1 N–H and O–H groups in total. The normalized spacial score (nSPS) is 12.4. The number of halogens is 1. The molecule has 1 atom stereocenters. The van der Waals surface area contributed by atoms with Crippen LogP contribution in [0.5, 0.6) is 0 Å². The summed E-state index contributed by atoms with van der Waals surface area (Å²) in [6, 6.07) is 11.0. The lowest BCUT2D eigenvalue weighted by molar-refractivity contribution is 0.0690. The summed E-state index contributed by atoms with van der Waals surface area (Å²) in [4.78, 5) is 11.0. The number of rotatable bonds is 3. The number of hydrogen-bond acceptors (Lipinski definition) is 2. The molecule has 0 radical (unpaired) electrons. The topological polar surface area (TPSA) is 55.1 Å². The SMILES string of the molecule is CC(Br)c1cc(C(=O)O)nn1-c1ccccc1. The van der Waals surface area contributed by atoms with Crippen LogP contribution in [0.25, 0.3) is 5.69 Å². The van der Waals surface area contributed by atoms with Gasteiger partial charge in [0.25, 0.3) is 0 Å². The first-order valence-electron chi connectivity index (χ1n) is 5.12. The van der Waals surface area contributed by atoms with Gasteiger partial charge in [0, 0.05) is 0 Å². The minimum absolute atomic E-state index is 0.0308. The maximum Gasteiger partial charge on any atom is 0.356 e. The number of para-hydroxylation sites is 1. The molecule has 0 spiro atoms. The van der Waals surface area contributed by atoms with Crippen molar-refractivity contribution in [3.63, 3.8) is 0 Å². The molecule has 0 aliphatic heterocycles. The minimum Gasteiger partial charge on any atom is -0.476 e. The first-order valence-corrected chi connectivity index (χ1v) is 6.04. The van der Waals surface area contributed by atoms with E-state index in [1.54, 1.807) is 10.7 Å². The molecule has 0 saturated carbocycles. The van der Waals surface area contributed by atoms with E-state index in [1.807, 2.05) is 37.3 Å². The summed E-state index contributed by atoms with van der Waals surface area (Å²) in [5, 5.41) is 13.0. The zero-order valence-corrected chi connectivity index (χ0v) is 10.8. The van der Waals surface area contributed by atoms with Crippen LogP contribution in [0.1, 0.15) is 27.9 Å². The summed E-state index contributed by atoms with van der Waals surface area (Å²) in [6.45, 7) is 1.93. The largest absolute Gasteiger partial charge is 0.476 e. The van der Waals surface area contributed by atoms with Gasteiger partial charge in [0.2, 0.25) is 0 Å². The van der Waals surface area contributed by atoms with Crippen LogP contribution in [0, 0.1) is 0 Å². The molecule has 2 aromatic rings. The van der Waals surface area contributed by atoms with Crippen molar-refractivity contribution in [1.82, 2.24) is 9.78 Å². The second kappa shape index (κ2) is 4.71. The molecule has 4 nitrogen and oxygen atoms in total. The number of carbonyl (C=O) groups is 1. The predicted molar refractivity (Wildman–Crippen MR) is 67.9 cm³/mol. The molecule has 0 fully saturated rings. The fourth-order valence-corrected chi connectivity index (χ4v) is 1.89. The van der Waals surface area contributed by atoms with Gasteiger partial charge in [-0.2, -0.15) is 5.10 Å². The molecule has 0 amide bonds. The van der Waals surface area contributed by atoms with Crippen molar-refractivity contribution in [1.29, 1.82) is 0 Å². The number of nitrogens with zero attached hydrogens (tertiary/aromatic N) is 2. The molecule has 0 aliphatic carbocycles. The Labute approximate surface area is 107 Å². The summed E-state index contributed by atoms with van der Waals surface area (Å²) < 4.78 is 1.64. The Morgan fingerprint density at radius 3 is 2.59 bits per heavy atom. The number of aromatic carboxylic acids is 1. The summed E-state index contributed by atoms with van der Waals surface area (Å²) in [5.74, 6) is -1.02. The average Bonchev–Trinajstić information content (AvgIpc) is 2.75. The van der Waals surface area contributed by atoms with E-state index in [4.69, 9.17) is 5.11 Å². The van der Waals surface area contributed by atoms with E-state index < -0.39 is 5.97 Å². The highest BCUT2D eigenvalue weighted by Gasteiger charge is 2.16. The summed E-state index contributed by atoms with van der Waals surface area (Å²) in [7, 11) is 0. The third kappa shape index (κ3) is 2.39. The van der Waals surface area contributed by atoms with Gasteiger partial charge in [0.15, 0.2) is 5.69 Å². The number of carboxylic acid groups (broad SMARTS) is 1. The standard InChI is InChI=1S/C12H11BrN2O2/c1-8(13)11-7-10(12(16)17)14-15(11)9-5-3-2-4-6-9/h2-8H,1H3,(H,16,17). The van der Waals surface area contributed by atoms with Crippen molar-refractivity contribution >= 4 is 21.9 Å². The number of carboxylic acids is 1. The second-order valence-corrected chi connectivity index (χ2v) is 5.00. The maximum atomic E-state index is 10.9.